The van der Waals surface area contributed by atoms with Crippen LogP contribution in [0.25, 0.3) is 11.1 Å². The molecule has 5 rings (SSSR count). The number of aromatic nitrogens is 2. The number of fused-ring (bicyclic) bond motifs is 1. The number of aryl methyl sites for hydroxylation is 1. The number of hydrogen-bond acceptors (Lipinski definition) is 8. The highest BCUT2D eigenvalue weighted by Gasteiger charge is 2.46. The number of amides is 3. The second-order valence-electron chi connectivity index (χ2n) is 13.7. The van der Waals surface area contributed by atoms with Gasteiger partial charge in [-0.25, -0.2) is 14.8 Å². The summed E-state index contributed by atoms with van der Waals surface area (Å²) < 4.78 is 10.4. The van der Waals surface area contributed by atoms with Gasteiger partial charge in [0.15, 0.2) is 0 Å². The standard InChI is InChI=1S/C37H48N6O5/c1-23(39-34(44)27-13-11-25(12-14-27)26-15-17-29(18-16-26)42-36(46)48-37(3,4)5)30-22-33(41-24(2)40-30)43-31-10-8-7-9-28(31)21-32(43)35(45)38-19-20-47-6/h11-18,22-23,28,31-32H,7-10,19-21H2,1-6H3,(H,38,45)(H,39,44)(H,42,46)/t23-,28+,31+,32+/m1/s1. The van der Waals surface area contributed by atoms with Crippen LogP contribution in [0.3, 0.4) is 0 Å². The van der Waals surface area contributed by atoms with Crippen LogP contribution in [-0.4, -0.2) is 65.8 Å². The minimum atomic E-state index is -0.577. The Morgan fingerprint density at radius 3 is 2.31 bits per heavy atom. The SMILES string of the molecule is COCCNC(=O)[C@@H]1C[C@@H]2CCCC[C@@H]2N1c1cc([C@@H](C)NC(=O)c2ccc(-c3ccc(NC(=O)OC(C)(C)C)cc3)cc2)nc(C)n1. The van der Waals surface area contributed by atoms with Gasteiger partial charge in [0.05, 0.1) is 18.3 Å². The van der Waals surface area contributed by atoms with Gasteiger partial charge >= 0.3 is 6.09 Å². The molecule has 0 radical (unpaired) electrons. The van der Waals surface area contributed by atoms with E-state index in [9.17, 15) is 14.4 Å². The summed E-state index contributed by atoms with van der Waals surface area (Å²) in [5.74, 6) is 1.56. The maximum absolute atomic E-state index is 13.3. The molecule has 3 aromatic rings. The first kappa shape index (κ1) is 34.8. The van der Waals surface area contributed by atoms with Crippen molar-refractivity contribution in [2.75, 3.05) is 30.5 Å². The van der Waals surface area contributed by atoms with Crippen molar-refractivity contribution in [3.63, 3.8) is 0 Å². The van der Waals surface area contributed by atoms with E-state index in [-0.39, 0.29) is 29.9 Å². The predicted octanol–water partition coefficient (Wildman–Crippen LogP) is 6.19. The van der Waals surface area contributed by atoms with Crippen LogP contribution in [0.5, 0.6) is 0 Å². The lowest BCUT2D eigenvalue weighted by molar-refractivity contribution is -0.122. The number of benzene rings is 2. The van der Waals surface area contributed by atoms with Gasteiger partial charge in [-0.2, -0.15) is 0 Å². The third kappa shape index (κ3) is 8.69. The molecule has 0 spiro atoms. The molecule has 1 aliphatic heterocycles. The molecule has 3 amide bonds. The van der Waals surface area contributed by atoms with Crippen molar-refractivity contribution in [3.05, 3.63) is 71.7 Å². The molecule has 1 saturated heterocycles. The molecule has 0 unspecified atom stereocenters. The van der Waals surface area contributed by atoms with E-state index in [0.717, 1.165) is 42.6 Å². The van der Waals surface area contributed by atoms with Crippen molar-refractivity contribution in [3.8, 4) is 11.1 Å². The largest absolute Gasteiger partial charge is 0.444 e. The van der Waals surface area contributed by atoms with Crippen molar-refractivity contribution in [1.29, 1.82) is 0 Å². The highest BCUT2D eigenvalue weighted by molar-refractivity contribution is 5.95. The Labute approximate surface area is 283 Å². The van der Waals surface area contributed by atoms with Gasteiger partial charge in [-0.1, -0.05) is 37.1 Å². The monoisotopic (exact) mass is 656 g/mol. The first-order valence-electron chi connectivity index (χ1n) is 16.8. The number of nitrogens with zero attached hydrogens (tertiary/aromatic N) is 3. The van der Waals surface area contributed by atoms with Crippen LogP contribution in [0.1, 0.15) is 87.7 Å². The van der Waals surface area contributed by atoms with Crippen LogP contribution in [0.4, 0.5) is 16.3 Å². The minimum Gasteiger partial charge on any atom is -0.444 e. The Kier molecular flexibility index (Phi) is 11.0. The number of carbonyl (C=O) groups is 3. The Morgan fingerprint density at radius 1 is 0.979 bits per heavy atom. The molecule has 11 nitrogen and oxygen atoms in total. The summed E-state index contributed by atoms with van der Waals surface area (Å²) in [6.45, 7) is 10.1. The molecule has 2 fully saturated rings. The summed E-state index contributed by atoms with van der Waals surface area (Å²) in [4.78, 5) is 50.4. The van der Waals surface area contributed by atoms with Crippen molar-refractivity contribution in [2.24, 2.45) is 5.92 Å². The van der Waals surface area contributed by atoms with Crippen molar-refractivity contribution >= 4 is 29.4 Å². The lowest BCUT2D eigenvalue weighted by Crippen LogP contribution is -2.48. The van der Waals surface area contributed by atoms with Crippen LogP contribution in [0, 0.1) is 12.8 Å². The molecular weight excluding hydrogens is 608 g/mol. The van der Waals surface area contributed by atoms with Gasteiger partial charge < -0.3 is 25.0 Å². The van der Waals surface area contributed by atoms with E-state index in [4.69, 9.17) is 14.5 Å². The molecule has 1 aromatic heterocycles. The first-order chi connectivity index (χ1) is 22.9. The molecule has 11 heteroatoms. The molecule has 256 valence electrons. The van der Waals surface area contributed by atoms with Gasteiger partial charge in [-0.3, -0.25) is 14.9 Å². The quantitative estimate of drug-likeness (QED) is 0.220. The minimum absolute atomic E-state index is 0.00234. The second-order valence-corrected chi connectivity index (χ2v) is 13.7. The number of carbonyl (C=O) groups excluding carboxylic acids is 3. The fourth-order valence-electron chi connectivity index (χ4n) is 6.68. The normalized spacial score (nSPS) is 19.6. The Balaban J connectivity index is 1.26. The molecule has 1 saturated carbocycles. The van der Waals surface area contributed by atoms with Crippen molar-refractivity contribution in [1.82, 2.24) is 20.6 Å². The molecule has 4 atom stereocenters. The summed E-state index contributed by atoms with van der Waals surface area (Å²) >= 11 is 0. The van der Waals surface area contributed by atoms with Crippen LogP contribution in [-0.2, 0) is 14.3 Å². The zero-order chi connectivity index (χ0) is 34.4. The van der Waals surface area contributed by atoms with Crippen LogP contribution < -0.4 is 20.9 Å². The average molecular weight is 657 g/mol. The lowest BCUT2D eigenvalue weighted by atomic mass is 9.84. The molecule has 1 aliphatic carbocycles. The molecule has 0 bridgehead atoms. The Bertz CT molecular complexity index is 1590. The smallest absolute Gasteiger partial charge is 0.412 e. The lowest BCUT2D eigenvalue weighted by Gasteiger charge is -2.35. The van der Waals surface area contributed by atoms with Crippen LogP contribution >= 0.6 is 0 Å². The predicted molar refractivity (Wildman–Crippen MR) is 186 cm³/mol. The second kappa shape index (κ2) is 15.1. The summed E-state index contributed by atoms with van der Waals surface area (Å²) in [5, 5.41) is 8.86. The number of methoxy groups -OCH3 is 1. The first-order valence-corrected chi connectivity index (χ1v) is 16.8. The van der Waals surface area contributed by atoms with E-state index in [1.54, 1.807) is 19.2 Å². The van der Waals surface area contributed by atoms with Gasteiger partial charge in [-0.15, -0.1) is 0 Å². The highest BCUT2D eigenvalue weighted by Crippen LogP contribution is 2.42. The van der Waals surface area contributed by atoms with Crippen LogP contribution in [0.2, 0.25) is 0 Å². The zero-order valence-corrected chi connectivity index (χ0v) is 28.8. The Morgan fingerprint density at radius 2 is 1.65 bits per heavy atom. The van der Waals surface area contributed by atoms with Gasteiger partial charge in [0.2, 0.25) is 5.91 Å². The summed E-state index contributed by atoms with van der Waals surface area (Å²) in [6, 6.07) is 16.3. The number of anilines is 2. The average Bonchev–Trinajstić information content (AvgIpc) is 3.44. The maximum atomic E-state index is 13.3. The molecule has 2 aliphatic rings. The third-order valence-electron chi connectivity index (χ3n) is 8.91. The van der Waals surface area contributed by atoms with Gasteiger partial charge in [0.25, 0.3) is 5.91 Å². The Hall–Kier alpha value is -4.51. The van der Waals surface area contributed by atoms with Crippen LogP contribution in [0.15, 0.2) is 54.6 Å². The van der Waals surface area contributed by atoms with Gasteiger partial charge in [-0.05, 0) is 95.2 Å². The van der Waals surface area contributed by atoms with E-state index in [1.807, 2.05) is 77.1 Å². The van der Waals surface area contributed by atoms with E-state index in [2.05, 4.69) is 25.8 Å². The topological polar surface area (TPSA) is 135 Å². The molecule has 3 N–H and O–H groups in total. The molecule has 48 heavy (non-hydrogen) atoms. The maximum Gasteiger partial charge on any atom is 0.412 e. The summed E-state index contributed by atoms with van der Waals surface area (Å²) in [7, 11) is 1.62. The van der Waals surface area contributed by atoms with Crippen molar-refractivity contribution in [2.45, 2.75) is 90.4 Å². The highest BCUT2D eigenvalue weighted by atomic mass is 16.6. The fourth-order valence-corrected chi connectivity index (χ4v) is 6.68. The van der Waals surface area contributed by atoms with E-state index in [0.29, 0.717) is 41.8 Å². The molecular formula is C37H48N6O5. The molecule has 2 heterocycles. The number of rotatable bonds is 10. The number of nitrogens with one attached hydrogen (secondary N) is 3. The van der Waals surface area contributed by atoms with E-state index in [1.165, 1.54) is 6.42 Å². The van der Waals surface area contributed by atoms with Gasteiger partial charge in [0, 0.05) is 37.0 Å². The van der Waals surface area contributed by atoms with Gasteiger partial charge in [0.1, 0.15) is 23.3 Å². The van der Waals surface area contributed by atoms with E-state index >= 15 is 0 Å². The third-order valence-corrected chi connectivity index (χ3v) is 8.91. The van der Waals surface area contributed by atoms with E-state index < -0.39 is 11.7 Å². The number of hydrogen-bond donors (Lipinski definition) is 3. The summed E-state index contributed by atoms with van der Waals surface area (Å²) in [5.41, 5.74) is 3.16. The van der Waals surface area contributed by atoms with Crippen molar-refractivity contribution < 1.29 is 23.9 Å². The molecule has 2 aromatic carbocycles. The fraction of sp³-hybridized carbons (Fsp3) is 0.486. The summed E-state index contributed by atoms with van der Waals surface area (Å²) in [6.07, 6.45) is 4.76. The zero-order valence-electron chi connectivity index (χ0n) is 28.8. The number of ether oxygens (including phenoxy) is 2.